The van der Waals surface area contributed by atoms with Gasteiger partial charge in [-0.1, -0.05) is 26.8 Å². The number of allylic oxidation sites excluding steroid dienone is 3. The predicted octanol–water partition coefficient (Wildman–Crippen LogP) is 5.40. The van der Waals surface area contributed by atoms with E-state index >= 15 is 4.39 Å². The third-order valence-corrected chi connectivity index (χ3v) is 7.61. The van der Waals surface area contributed by atoms with Crippen LogP contribution < -0.4 is 10.1 Å². The zero-order valence-electron chi connectivity index (χ0n) is 24.8. The van der Waals surface area contributed by atoms with Crippen molar-refractivity contribution in [1.29, 1.82) is 0 Å². The molecule has 40 heavy (non-hydrogen) atoms. The Bertz CT molecular complexity index is 1210. The summed E-state index contributed by atoms with van der Waals surface area (Å²) in [6.45, 7) is 14.2. The van der Waals surface area contributed by atoms with Crippen molar-refractivity contribution in [2.75, 3.05) is 44.6 Å². The highest BCUT2D eigenvalue weighted by molar-refractivity contribution is 5.96. The van der Waals surface area contributed by atoms with E-state index in [2.05, 4.69) is 20.2 Å². The molecule has 1 saturated carbocycles. The summed E-state index contributed by atoms with van der Waals surface area (Å²) >= 11 is 0. The van der Waals surface area contributed by atoms with Crippen molar-refractivity contribution in [3.05, 3.63) is 64.9 Å². The molecule has 0 unspecified atom stereocenters. The molecule has 5 rings (SSSR count). The number of rotatable bonds is 9. The first-order valence-electron chi connectivity index (χ1n) is 14.8. The van der Waals surface area contributed by atoms with Crippen LogP contribution in [0.2, 0.25) is 0 Å². The first-order chi connectivity index (χ1) is 19.4. The molecule has 2 fully saturated rings. The lowest BCUT2D eigenvalue weighted by Gasteiger charge is -2.34. The fourth-order valence-electron chi connectivity index (χ4n) is 5.25. The van der Waals surface area contributed by atoms with Gasteiger partial charge < -0.3 is 19.9 Å². The molecule has 0 atom stereocenters. The second kappa shape index (κ2) is 13.9. The zero-order chi connectivity index (χ0) is 28.6. The van der Waals surface area contributed by atoms with Crippen molar-refractivity contribution >= 4 is 11.7 Å². The molecule has 1 aliphatic carbocycles. The summed E-state index contributed by atoms with van der Waals surface area (Å²) < 4.78 is 22.5. The van der Waals surface area contributed by atoms with Gasteiger partial charge >= 0.3 is 0 Å². The minimum atomic E-state index is -0.518. The highest BCUT2D eigenvalue weighted by Gasteiger charge is 2.31. The topological polar surface area (TPSA) is 65.9 Å². The van der Waals surface area contributed by atoms with Crippen LogP contribution in [0.25, 0.3) is 0 Å². The smallest absolute Gasteiger partial charge is 0.258 e. The normalized spacial score (nSPS) is 18.2. The Morgan fingerprint density at radius 1 is 1.20 bits per heavy atom. The van der Waals surface area contributed by atoms with E-state index in [4.69, 9.17) is 4.74 Å². The molecule has 3 aliphatic rings. The average Bonchev–Trinajstić information content (AvgIpc) is 3.78. The molecule has 2 aromatic rings. The zero-order valence-corrected chi connectivity index (χ0v) is 24.8. The third-order valence-electron chi connectivity index (χ3n) is 7.61. The van der Waals surface area contributed by atoms with Crippen molar-refractivity contribution in [1.82, 2.24) is 24.5 Å². The monoisotopic (exact) mass is 552 g/mol. The summed E-state index contributed by atoms with van der Waals surface area (Å²) in [6.07, 6.45) is 10.1. The lowest BCUT2D eigenvalue weighted by atomic mass is 10.1. The molecule has 8 nitrogen and oxygen atoms in total. The van der Waals surface area contributed by atoms with Gasteiger partial charge in [-0.15, -0.1) is 0 Å². The van der Waals surface area contributed by atoms with E-state index < -0.39 is 5.82 Å². The number of carbonyl (C=O) groups is 1. The highest BCUT2D eigenvalue weighted by Crippen LogP contribution is 2.30. The van der Waals surface area contributed by atoms with Gasteiger partial charge in [0.1, 0.15) is 5.82 Å². The first kappa shape index (κ1) is 29.8. The largest absolute Gasteiger partial charge is 0.490 e. The third kappa shape index (κ3) is 7.12. The average molecular weight is 553 g/mol. The van der Waals surface area contributed by atoms with Gasteiger partial charge in [0.15, 0.2) is 11.6 Å². The van der Waals surface area contributed by atoms with Crippen molar-refractivity contribution in [2.45, 2.75) is 66.0 Å². The maximum atomic E-state index is 15.0. The van der Waals surface area contributed by atoms with Crippen LogP contribution in [0.15, 0.2) is 47.9 Å². The van der Waals surface area contributed by atoms with Gasteiger partial charge in [0, 0.05) is 62.6 Å². The molecule has 1 aromatic carbocycles. The van der Waals surface area contributed by atoms with Crippen molar-refractivity contribution in [3.8, 4) is 5.75 Å². The number of nitrogens with zero attached hydrogens (tertiary/aromatic N) is 5. The Morgan fingerprint density at radius 3 is 2.62 bits per heavy atom. The second-order valence-electron chi connectivity index (χ2n) is 10.4. The van der Waals surface area contributed by atoms with Crippen molar-refractivity contribution in [3.63, 3.8) is 0 Å². The number of anilines is 1. The number of fused-ring (bicyclic) bond motifs is 1. The number of amides is 1. The molecular formula is C31H45FN6O2. The number of carbonyl (C=O) groups excluding carboxylic acids is 1. The highest BCUT2D eigenvalue weighted by atomic mass is 19.1. The molecule has 0 bridgehead atoms. The Labute approximate surface area is 238 Å². The summed E-state index contributed by atoms with van der Waals surface area (Å²) in [6, 6.07) is 5.34. The predicted molar refractivity (Wildman–Crippen MR) is 158 cm³/mol. The molecule has 1 saturated heterocycles. The quantitative estimate of drug-likeness (QED) is 0.421. The van der Waals surface area contributed by atoms with E-state index in [-0.39, 0.29) is 17.2 Å². The number of aryl methyl sites for hydroxylation is 1. The Kier molecular flexibility index (Phi) is 10.4. The van der Waals surface area contributed by atoms with Gasteiger partial charge in [-0.3, -0.25) is 14.4 Å². The second-order valence-corrected chi connectivity index (χ2v) is 10.4. The maximum absolute atomic E-state index is 15.0. The summed E-state index contributed by atoms with van der Waals surface area (Å²) in [7, 11) is 1.86. The lowest BCUT2D eigenvalue weighted by molar-refractivity contribution is 0.0800. The van der Waals surface area contributed by atoms with E-state index in [1.165, 1.54) is 18.9 Å². The minimum Gasteiger partial charge on any atom is -0.490 e. The Hall–Kier alpha value is -3.17. The van der Waals surface area contributed by atoms with E-state index in [0.29, 0.717) is 13.2 Å². The van der Waals surface area contributed by atoms with Crippen LogP contribution in [0.4, 0.5) is 10.2 Å². The number of aromatic nitrogens is 2. The number of hydrogen-bond acceptors (Lipinski definition) is 6. The molecule has 3 heterocycles. The van der Waals surface area contributed by atoms with Gasteiger partial charge in [-0.05, 0) is 56.9 Å². The fraction of sp³-hybridized carbons (Fsp3) is 0.548. The maximum Gasteiger partial charge on any atom is 0.258 e. The van der Waals surface area contributed by atoms with Crippen LogP contribution in [0.1, 0.15) is 69.3 Å². The molecule has 1 N–H and O–H groups in total. The molecule has 218 valence electrons. The van der Waals surface area contributed by atoms with Gasteiger partial charge in [-0.2, -0.15) is 5.10 Å². The SMILES string of the molecule is CC.CC/C=C\C1=C(C)Nc2c(cnn2C)CN1C(=O)c1ccc(OCCCN2CCN(C3CC3)CC2)c(F)c1. The molecule has 0 radical (unpaired) electrons. The number of piperazine rings is 1. The van der Waals surface area contributed by atoms with Gasteiger partial charge in [0.25, 0.3) is 5.91 Å². The number of halogens is 1. The van der Waals surface area contributed by atoms with Gasteiger partial charge in [-0.25, -0.2) is 4.39 Å². The summed E-state index contributed by atoms with van der Waals surface area (Å²) in [5.41, 5.74) is 2.77. The fourth-order valence-corrected chi connectivity index (χ4v) is 5.25. The molecule has 1 amide bonds. The standard InChI is InChI=1S/C29H39FN6O2.C2H6/c1-4-5-7-26-21(2)32-28-23(19-31-33(28)3)20-36(26)29(37)22-8-11-27(25(30)18-22)38-17-6-12-34-13-15-35(16-14-34)24-9-10-24;1-2/h5,7-8,11,18-19,24,32H,4,6,9-10,12-17,20H2,1-3H3;1-2H3/b7-5-;. The van der Waals surface area contributed by atoms with Crippen LogP contribution in [0, 0.1) is 5.82 Å². The Morgan fingerprint density at radius 2 is 1.95 bits per heavy atom. The van der Waals surface area contributed by atoms with E-state index in [1.54, 1.807) is 27.9 Å². The number of nitrogens with one attached hydrogen (secondary N) is 1. The lowest BCUT2D eigenvalue weighted by Crippen LogP contribution is -2.47. The van der Waals surface area contributed by atoms with Crippen LogP contribution in [-0.2, 0) is 13.6 Å². The molecule has 9 heteroatoms. The molecule has 0 spiro atoms. The van der Waals surface area contributed by atoms with Crippen LogP contribution in [-0.4, -0.2) is 75.8 Å². The van der Waals surface area contributed by atoms with E-state index in [0.717, 1.165) is 74.4 Å². The molecule has 1 aromatic heterocycles. The van der Waals surface area contributed by atoms with E-state index in [9.17, 15) is 4.79 Å². The van der Waals surface area contributed by atoms with Crippen molar-refractivity contribution in [2.24, 2.45) is 7.05 Å². The number of benzene rings is 1. The van der Waals surface area contributed by atoms with Crippen LogP contribution in [0.5, 0.6) is 5.75 Å². The summed E-state index contributed by atoms with van der Waals surface area (Å²) in [5.74, 6) is 0.245. The van der Waals surface area contributed by atoms with E-state index in [1.807, 2.05) is 46.9 Å². The minimum absolute atomic E-state index is 0.185. The van der Waals surface area contributed by atoms with Gasteiger partial charge in [0.05, 0.1) is 25.0 Å². The molecule has 2 aliphatic heterocycles. The van der Waals surface area contributed by atoms with Crippen molar-refractivity contribution < 1.29 is 13.9 Å². The van der Waals surface area contributed by atoms with Crippen LogP contribution >= 0.6 is 0 Å². The van der Waals surface area contributed by atoms with Crippen LogP contribution in [0.3, 0.4) is 0 Å². The molecular weight excluding hydrogens is 507 g/mol. The number of hydrogen-bond donors (Lipinski definition) is 1. The number of ether oxygens (including phenoxy) is 1. The summed E-state index contributed by atoms with van der Waals surface area (Å²) in [5, 5.41) is 7.71. The first-order valence-corrected chi connectivity index (χ1v) is 14.8. The Balaban J connectivity index is 0.00000181. The summed E-state index contributed by atoms with van der Waals surface area (Å²) in [4.78, 5) is 20.4. The van der Waals surface area contributed by atoms with Gasteiger partial charge in [0.2, 0.25) is 0 Å².